The molecule has 0 bridgehead atoms. The third-order valence-corrected chi connectivity index (χ3v) is 11.1. The predicted molar refractivity (Wildman–Crippen MR) is 200 cm³/mol. The van der Waals surface area contributed by atoms with Crippen molar-refractivity contribution in [1.82, 2.24) is 30.3 Å². The minimum Gasteiger partial charge on any atom is -0.493 e. The van der Waals surface area contributed by atoms with Crippen LogP contribution in [-0.2, 0) is 23.9 Å². The minimum absolute atomic E-state index is 0.0231. The largest absolute Gasteiger partial charge is 0.493 e. The van der Waals surface area contributed by atoms with Crippen LogP contribution in [0, 0.1) is 20.8 Å². The van der Waals surface area contributed by atoms with Crippen molar-refractivity contribution < 1.29 is 38.2 Å². The van der Waals surface area contributed by atoms with Crippen molar-refractivity contribution in [3.63, 3.8) is 0 Å². The average Bonchev–Trinajstić information content (AvgIpc) is 3.73. The Morgan fingerprint density at radius 1 is 1.00 bits per heavy atom. The summed E-state index contributed by atoms with van der Waals surface area (Å²) >= 11 is 7.79. The number of amides is 5. The first kappa shape index (κ1) is 37.6. The Labute approximate surface area is 324 Å². The van der Waals surface area contributed by atoms with Crippen LogP contribution in [0.1, 0.15) is 92.1 Å². The summed E-state index contributed by atoms with van der Waals surface area (Å²) in [4.78, 5) is 83.0. The van der Waals surface area contributed by atoms with Gasteiger partial charge < -0.3 is 14.8 Å². The summed E-state index contributed by atoms with van der Waals surface area (Å²) in [6.07, 6.45) is 0.901. The van der Waals surface area contributed by atoms with Gasteiger partial charge in [-0.3, -0.25) is 48.5 Å². The lowest BCUT2D eigenvalue weighted by molar-refractivity contribution is -0.149. The van der Waals surface area contributed by atoms with Gasteiger partial charge in [-0.15, -0.1) is 21.5 Å². The van der Waals surface area contributed by atoms with E-state index in [1.807, 2.05) is 37.5 Å². The van der Waals surface area contributed by atoms with Gasteiger partial charge in [0.25, 0.3) is 17.7 Å². The Morgan fingerprint density at radius 2 is 1.78 bits per heavy atom. The summed E-state index contributed by atoms with van der Waals surface area (Å²) in [6, 6.07) is 10.2. The number of fused-ring (bicyclic) bond motifs is 4. The molecule has 5 amide bonds. The van der Waals surface area contributed by atoms with E-state index in [0.717, 1.165) is 31.5 Å². The van der Waals surface area contributed by atoms with Crippen molar-refractivity contribution in [3.05, 3.63) is 91.8 Å². The van der Waals surface area contributed by atoms with Gasteiger partial charge in [-0.25, -0.2) is 0 Å². The van der Waals surface area contributed by atoms with Crippen molar-refractivity contribution in [3.8, 4) is 10.8 Å². The molecule has 2 N–H and O–H groups in total. The standard InChI is InChI=1S/C38H36ClN7O8S/c1-19-20(2)55-38-31(19)33(22-9-11-23(39)12-10-22)41-25(34-44-43-21(3)45(34)38)17-30(49)54-18-29(48)40-15-4-5-16-53-27-8-6-7-24-32(27)37(52)46(36(24)51)26-13-14-28(47)42-35(26)50/h6-12,25-26H,4-5,13-18H2,1-3H3,(H,40,48)(H,42,47,50). The van der Waals surface area contributed by atoms with Gasteiger partial charge in [0.15, 0.2) is 12.4 Å². The van der Waals surface area contributed by atoms with E-state index < -0.39 is 54.2 Å². The fraction of sp³-hybridized carbons (Fsp3) is 0.342. The maximum absolute atomic E-state index is 13.3. The number of carbonyl (C=O) groups excluding carboxylic acids is 6. The Morgan fingerprint density at radius 3 is 2.55 bits per heavy atom. The van der Waals surface area contributed by atoms with Crippen molar-refractivity contribution in [2.75, 3.05) is 19.8 Å². The van der Waals surface area contributed by atoms with E-state index in [2.05, 4.69) is 20.8 Å². The van der Waals surface area contributed by atoms with Crippen LogP contribution in [0.15, 0.2) is 47.5 Å². The number of aliphatic imine (C=N–C) groups is 1. The van der Waals surface area contributed by atoms with Crippen molar-refractivity contribution >= 4 is 64.2 Å². The molecule has 3 aliphatic rings. The van der Waals surface area contributed by atoms with E-state index in [9.17, 15) is 28.8 Å². The number of ether oxygens (including phenoxy) is 2. The number of hydrogen-bond acceptors (Lipinski definition) is 12. The molecule has 3 aliphatic heterocycles. The number of hydrogen-bond donors (Lipinski definition) is 2. The minimum atomic E-state index is -1.08. The molecule has 55 heavy (non-hydrogen) atoms. The summed E-state index contributed by atoms with van der Waals surface area (Å²) in [7, 11) is 0. The molecule has 7 rings (SSSR count). The van der Waals surface area contributed by atoms with E-state index >= 15 is 0 Å². The Balaban J connectivity index is 0.909. The van der Waals surface area contributed by atoms with Crippen LogP contribution in [0.3, 0.4) is 0 Å². The first-order valence-corrected chi connectivity index (χ1v) is 18.9. The molecule has 2 aromatic heterocycles. The van der Waals surface area contributed by atoms with Gasteiger partial charge in [0, 0.05) is 34.0 Å². The second kappa shape index (κ2) is 15.5. The number of aromatic nitrogens is 3. The summed E-state index contributed by atoms with van der Waals surface area (Å²) in [5.41, 5.74) is 3.72. The number of halogens is 1. The number of esters is 1. The molecule has 284 valence electrons. The van der Waals surface area contributed by atoms with Gasteiger partial charge in [-0.2, -0.15) is 0 Å². The molecule has 2 aromatic carbocycles. The lowest BCUT2D eigenvalue weighted by atomic mass is 9.99. The summed E-state index contributed by atoms with van der Waals surface area (Å²) < 4.78 is 13.1. The van der Waals surface area contributed by atoms with Gasteiger partial charge in [0.1, 0.15) is 28.7 Å². The number of aryl methyl sites for hydroxylation is 2. The third-order valence-electron chi connectivity index (χ3n) is 9.66. The quantitative estimate of drug-likeness (QED) is 0.120. The number of piperidine rings is 1. The monoisotopic (exact) mass is 785 g/mol. The highest BCUT2D eigenvalue weighted by Crippen LogP contribution is 2.40. The van der Waals surface area contributed by atoms with Crippen LogP contribution < -0.4 is 15.4 Å². The Hall–Kier alpha value is -5.74. The molecule has 2 atom stereocenters. The van der Waals surface area contributed by atoms with Crippen molar-refractivity contribution in [1.29, 1.82) is 0 Å². The van der Waals surface area contributed by atoms with E-state index in [-0.39, 0.29) is 49.3 Å². The zero-order chi connectivity index (χ0) is 39.0. The molecule has 1 fully saturated rings. The fourth-order valence-electron chi connectivity index (χ4n) is 6.79. The topological polar surface area (TPSA) is 191 Å². The predicted octanol–water partition coefficient (Wildman–Crippen LogP) is 4.11. The lowest BCUT2D eigenvalue weighted by Crippen LogP contribution is -2.54. The number of rotatable bonds is 12. The zero-order valence-electron chi connectivity index (χ0n) is 30.1. The maximum Gasteiger partial charge on any atom is 0.308 e. The van der Waals surface area contributed by atoms with Crippen molar-refractivity contribution in [2.24, 2.45) is 4.99 Å². The smallest absolute Gasteiger partial charge is 0.308 e. The third kappa shape index (κ3) is 7.38. The second-order valence-corrected chi connectivity index (χ2v) is 14.9. The summed E-state index contributed by atoms with van der Waals surface area (Å²) in [5, 5.41) is 15.1. The highest BCUT2D eigenvalue weighted by molar-refractivity contribution is 7.15. The SMILES string of the molecule is Cc1sc2c(c1C)C(c1ccc(Cl)cc1)=NC(CC(=O)OCC(=O)NCCCCOc1cccc3c1C(=O)N(C1CCC(=O)NC1=O)C3=O)c1nnc(C)n1-2. The first-order valence-electron chi connectivity index (χ1n) is 17.7. The van der Waals surface area contributed by atoms with E-state index in [0.29, 0.717) is 35.2 Å². The molecular weight excluding hydrogens is 750 g/mol. The molecular formula is C38H36ClN7O8S. The number of benzene rings is 2. The molecule has 1 saturated heterocycles. The molecule has 17 heteroatoms. The molecule has 4 aromatic rings. The second-order valence-electron chi connectivity index (χ2n) is 13.3. The molecule has 15 nitrogen and oxygen atoms in total. The lowest BCUT2D eigenvalue weighted by Gasteiger charge is -2.27. The molecule has 0 spiro atoms. The van der Waals surface area contributed by atoms with Gasteiger partial charge >= 0.3 is 5.97 Å². The highest BCUT2D eigenvalue weighted by Gasteiger charge is 2.46. The summed E-state index contributed by atoms with van der Waals surface area (Å²) in [5.74, 6) is -2.17. The van der Waals surface area contributed by atoms with Gasteiger partial charge in [0.2, 0.25) is 11.8 Å². The zero-order valence-corrected chi connectivity index (χ0v) is 31.7. The van der Waals surface area contributed by atoms with E-state index in [4.69, 9.17) is 26.1 Å². The van der Waals surface area contributed by atoms with Crippen LogP contribution in [-0.4, -0.2) is 86.7 Å². The van der Waals surface area contributed by atoms with E-state index in [1.54, 1.807) is 35.6 Å². The van der Waals surface area contributed by atoms with Crippen LogP contribution in [0.4, 0.5) is 0 Å². The number of thiophene rings is 1. The van der Waals surface area contributed by atoms with Gasteiger partial charge in [-0.05, 0) is 69.9 Å². The fourth-order valence-corrected chi connectivity index (χ4v) is 8.13. The number of carbonyl (C=O) groups is 6. The van der Waals surface area contributed by atoms with Gasteiger partial charge in [-0.1, -0.05) is 29.8 Å². The number of unbranched alkanes of at least 4 members (excludes halogenated alkanes) is 1. The normalized spacial score (nSPS) is 17.5. The maximum atomic E-state index is 13.3. The Bertz CT molecular complexity index is 2280. The van der Waals surface area contributed by atoms with Crippen LogP contribution in [0.5, 0.6) is 5.75 Å². The van der Waals surface area contributed by atoms with Gasteiger partial charge in [0.05, 0.1) is 29.9 Å². The van der Waals surface area contributed by atoms with Crippen molar-refractivity contribution in [2.45, 2.75) is 65.0 Å². The first-order chi connectivity index (χ1) is 26.4. The van der Waals surface area contributed by atoms with Crippen LogP contribution >= 0.6 is 22.9 Å². The molecule has 0 radical (unpaired) electrons. The highest BCUT2D eigenvalue weighted by atomic mass is 35.5. The average molecular weight is 786 g/mol. The Kier molecular flexibility index (Phi) is 10.6. The number of nitrogens with one attached hydrogen (secondary N) is 2. The molecule has 0 saturated carbocycles. The van der Waals surface area contributed by atoms with E-state index in [1.165, 1.54) is 6.07 Å². The van der Waals surface area contributed by atoms with Crippen LogP contribution in [0.25, 0.3) is 5.00 Å². The molecule has 5 heterocycles. The number of nitrogens with zero attached hydrogens (tertiary/aromatic N) is 5. The summed E-state index contributed by atoms with van der Waals surface area (Å²) in [6.45, 7) is 5.90. The molecule has 0 aliphatic carbocycles. The molecule has 2 unspecified atom stereocenters. The van der Waals surface area contributed by atoms with Crippen LogP contribution in [0.2, 0.25) is 5.02 Å². The number of imide groups is 2.